The summed E-state index contributed by atoms with van der Waals surface area (Å²) < 4.78 is 0. The average molecular weight is 328 g/mol. The maximum atomic E-state index is 12.7. The van der Waals surface area contributed by atoms with Crippen LogP contribution in [0.2, 0.25) is 0 Å². The highest BCUT2D eigenvalue weighted by Crippen LogP contribution is 2.39. The SMILES string of the molecule is CNC(=O)CCCC(=O)N1CCCC1C1CCCc2ccccc21. The number of carbonyl (C=O) groups excluding carboxylic acids is 2. The second-order valence-electron chi connectivity index (χ2n) is 7.02. The van der Waals surface area contributed by atoms with Crippen molar-refractivity contribution >= 4 is 11.8 Å². The molecule has 2 amide bonds. The normalized spacial score (nSPS) is 23.0. The maximum absolute atomic E-state index is 12.7. The summed E-state index contributed by atoms with van der Waals surface area (Å²) in [6, 6.07) is 9.09. The van der Waals surface area contributed by atoms with Gasteiger partial charge in [0.2, 0.25) is 11.8 Å². The highest BCUT2D eigenvalue weighted by molar-refractivity contribution is 5.79. The van der Waals surface area contributed by atoms with Crippen LogP contribution in [-0.4, -0.2) is 36.3 Å². The largest absolute Gasteiger partial charge is 0.359 e. The zero-order valence-corrected chi connectivity index (χ0v) is 14.6. The topological polar surface area (TPSA) is 49.4 Å². The number of amides is 2. The molecule has 0 bridgehead atoms. The predicted molar refractivity (Wildman–Crippen MR) is 94.8 cm³/mol. The molecule has 1 aliphatic heterocycles. The van der Waals surface area contributed by atoms with E-state index in [1.165, 1.54) is 30.4 Å². The van der Waals surface area contributed by atoms with Crippen molar-refractivity contribution in [2.75, 3.05) is 13.6 Å². The lowest BCUT2D eigenvalue weighted by Gasteiger charge is -2.35. The van der Waals surface area contributed by atoms with Crippen LogP contribution < -0.4 is 5.32 Å². The number of nitrogens with zero attached hydrogens (tertiary/aromatic N) is 1. The summed E-state index contributed by atoms with van der Waals surface area (Å²) >= 11 is 0. The van der Waals surface area contributed by atoms with Crippen LogP contribution in [0.1, 0.15) is 62.0 Å². The lowest BCUT2D eigenvalue weighted by Crippen LogP contribution is -2.40. The van der Waals surface area contributed by atoms with Gasteiger partial charge in [-0.25, -0.2) is 0 Å². The zero-order chi connectivity index (χ0) is 16.9. The summed E-state index contributed by atoms with van der Waals surface area (Å²) in [5.74, 6) is 0.728. The van der Waals surface area contributed by atoms with Gasteiger partial charge in [0.05, 0.1) is 0 Å². The number of benzene rings is 1. The molecule has 2 aliphatic rings. The molecule has 1 saturated heterocycles. The molecule has 1 aliphatic carbocycles. The lowest BCUT2D eigenvalue weighted by atomic mass is 9.78. The number of rotatable bonds is 5. The van der Waals surface area contributed by atoms with Crippen molar-refractivity contribution in [1.82, 2.24) is 10.2 Å². The number of fused-ring (bicyclic) bond motifs is 1. The number of likely N-dealkylation sites (tertiary alicyclic amines) is 1. The molecule has 0 radical (unpaired) electrons. The highest BCUT2D eigenvalue weighted by Gasteiger charge is 2.36. The molecule has 2 unspecified atom stereocenters. The quantitative estimate of drug-likeness (QED) is 0.903. The van der Waals surface area contributed by atoms with Gasteiger partial charge in [-0.2, -0.15) is 0 Å². The van der Waals surface area contributed by atoms with Gasteiger partial charge in [-0.05, 0) is 49.7 Å². The first-order valence-electron chi connectivity index (χ1n) is 9.28. The smallest absolute Gasteiger partial charge is 0.222 e. The molecular weight excluding hydrogens is 300 g/mol. The Labute approximate surface area is 144 Å². The monoisotopic (exact) mass is 328 g/mol. The minimum atomic E-state index is 0.0157. The molecule has 4 nitrogen and oxygen atoms in total. The molecule has 1 aromatic rings. The maximum Gasteiger partial charge on any atom is 0.222 e. The van der Waals surface area contributed by atoms with E-state index < -0.39 is 0 Å². The predicted octanol–water partition coefficient (Wildman–Crippen LogP) is 3.01. The van der Waals surface area contributed by atoms with Crippen molar-refractivity contribution in [3.8, 4) is 0 Å². The van der Waals surface area contributed by atoms with Gasteiger partial charge in [-0.15, -0.1) is 0 Å². The summed E-state index contributed by atoms with van der Waals surface area (Å²) in [5.41, 5.74) is 2.92. The van der Waals surface area contributed by atoms with Crippen molar-refractivity contribution in [3.63, 3.8) is 0 Å². The van der Waals surface area contributed by atoms with Gasteiger partial charge in [0.15, 0.2) is 0 Å². The average Bonchev–Trinajstić information content (AvgIpc) is 3.10. The van der Waals surface area contributed by atoms with E-state index in [2.05, 4.69) is 34.5 Å². The summed E-state index contributed by atoms with van der Waals surface area (Å²) in [6.07, 6.45) is 7.35. The van der Waals surface area contributed by atoms with E-state index in [0.29, 0.717) is 31.2 Å². The van der Waals surface area contributed by atoms with Crippen LogP contribution in [0.25, 0.3) is 0 Å². The van der Waals surface area contributed by atoms with Gasteiger partial charge in [0.1, 0.15) is 0 Å². The summed E-state index contributed by atoms with van der Waals surface area (Å²) in [4.78, 5) is 26.1. The molecule has 0 saturated carbocycles. The Balaban J connectivity index is 1.66. The van der Waals surface area contributed by atoms with Crippen LogP contribution in [0.4, 0.5) is 0 Å². The Morgan fingerprint density at radius 2 is 2.00 bits per heavy atom. The third-order valence-electron chi connectivity index (χ3n) is 5.57. The second kappa shape index (κ2) is 7.82. The third-order valence-corrected chi connectivity index (χ3v) is 5.57. The Hall–Kier alpha value is -1.84. The van der Waals surface area contributed by atoms with E-state index in [1.54, 1.807) is 7.05 Å². The van der Waals surface area contributed by atoms with E-state index in [9.17, 15) is 9.59 Å². The van der Waals surface area contributed by atoms with Crippen LogP contribution >= 0.6 is 0 Å². The number of hydrogen-bond acceptors (Lipinski definition) is 2. The Bertz CT molecular complexity index is 599. The highest BCUT2D eigenvalue weighted by atomic mass is 16.2. The van der Waals surface area contributed by atoms with Gasteiger partial charge in [-0.3, -0.25) is 9.59 Å². The third kappa shape index (κ3) is 3.63. The Kier molecular flexibility index (Phi) is 5.54. The van der Waals surface area contributed by atoms with Crippen LogP contribution in [0.15, 0.2) is 24.3 Å². The van der Waals surface area contributed by atoms with E-state index in [0.717, 1.165) is 19.4 Å². The molecule has 130 valence electrons. The van der Waals surface area contributed by atoms with Crippen molar-refractivity contribution in [2.24, 2.45) is 0 Å². The van der Waals surface area contributed by atoms with Gasteiger partial charge >= 0.3 is 0 Å². The molecule has 0 spiro atoms. The van der Waals surface area contributed by atoms with E-state index in [1.807, 2.05) is 0 Å². The fourth-order valence-electron chi connectivity index (χ4n) is 4.38. The van der Waals surface area contributed by atoms with Crippen LogP contribution in [-0.2, 0) is 16.0 Å². The van der Waals surface area contributed by atoms with Gasteiger partial charge in [0.25, 0.3) is 0 Å². The summed E-state index contributed by atoms with van der Waals surface area (Å²) in [5, 5.41) is 2.62. The standard InChI is InChI=1S/C20H28N2O2/c1-21-19(23)12-5-13-20(24)22-14-6-11-18(22)17-10-4-8-15-7-2-3-9-16(15)17/h2-3,7,9,17-18H,4-6,8,10-14H2,1H3,(H,21,23). The molecule has 3 rings (SSSR count). The molecule has 1 fully saturated rings. The van der Waals surface area contributed by atoms with Gasteiger partial charge in [0, 0.05) is 38.4 Å². The summed E-state index contributed by atoms with van der Waals surface area (Å²) in [6.45, 7) is 0.877. The molecule has 4 heteroatoms. The van der Waals surface area contributed by atoms with Crippen LogP contribution in [0, 0.1) is 0 Å². The minimum absolute atomic E-state index is 0.0157. The first-order valence-corrected chi connectivity index (χ1v) is 9.28. The van der Waals surface area contributed by atoms with Crippen molar-refractivity contribution in [3.05, 3.63) is 35.4 Å². The molecule has 1 N–H and O–H groups in total. The second-order valence-corrected chi connectivity index (χ2v) is 7.02. The van der Waals surface area contributed by atoms with Gasteiger partial charge < -0.3 is 10.2 Å². The molecule has 24 heavy (non-hydrogen) atoms. The van der Waals surface area contributed by atoms with Crippen LogP contribution in [0.3, 0.4) is 0 Å². The molecule has 1 aromatic carbocycles. The Morgan fingerprint density at radius 1 is 1.17 bits per heavy atom. The molecule has 0 aromatic heterocycles. The van der Waals surface area contributed by atoms with Gasteiger partial charge in [-0.1, -0.05) is 24.3 Å². The number of aryl methyl sites for hydroxylation is 1. The first-order chi connectivity index (χ1) is 11.7. The number of carbonyl (C=O) groups is 2. The van der Waals surface area contributed by atoms with E-state index in [4.69, 9.17) is 0 Å². The zero-order valence-electron chi connectivity index (χ0n) is 14.6. The fourth-order valence-corrected chi connectivity index (χ4v) is 4.38. The van der Waals surface area contributed by atoms with Crippen molar-refractivity contribution in [1.29, 1.82) is 0 Å². The fraction of sp³-hybridized carbons (Fsp3) is 0.600. The first kappa shape index (κ1) is 17.0. The summed E-state index contributed by atoms with van der Waals surface area (Å²) in [7, 11) is 1.64. The van der Waals surface area contributed by atoms with E-state index >= 15 is 0 Å². The lowest BCUT2D eigenvalue weighted by molar-refractivity contribution is -0.132. The number of hydrogen-bond donors (Lipinski definition) is 1. The molecular formula is C20H28N2O2. The molecule has 1 heterocycles. The van der Waals surface area contributed by atoms with Crippen LogP contribution in [0.5, 0.6) is 0 Å². The molecule has 2 atom stereocenters. The van der Waals surface area contributed by atoms with Crippen molar-refractivity contribution < 1.29 is 9.59 Å². The van der Waals surface area contributed by atoms with Crippen molar-refractivity contribution in [2.45, 2.75) is 63.3 Å². The minimum Gasteiger partial charge on any atom is -0.359 e. The Morgan fingerprint density at radius 3 is 2.83 bits per heavy atom. The number of nitrogens with one attached hydrogen (secondary N) is 1. The van der Waals surface area contributed by atoms with E-state index in [-0.39, 0.29) is 11.8 Å².